The summed E-state index contributed by atoms with van der Waals surface area (Å²) in [4.78, 5) is 12.5. The van der Waals surface area contributed by atoms with Crippen LogP contribution in [-0.4, -0.2) is 20.9 Å². The number of nitrogens with one attached hydrogen (secondary N) is 1. The number of benzene rings is 4. The minimum Gasteiger partial charge on any atom is -0.384 e. The van der Waals surface area contributed by atoms with Gasteiger partial charge in [-0.15, -0.1) is 0 Å². The highest BCUT2D eigenvalue weighted by atomic mass is 35.5. The van der Waals surface area contributed by atoms with Crippen LogP contribution in [0.3, 0.4) is 0 Å². The topological polar surface area (TPSA) is 115 Å². The van der Waals surface area contributed by atoms with Crippen LogP contribution in [0.5, 0.6) is 0 Å². The lowest BCUT2D eigenvalue weighted by molar-refractivity contribution is 0.100. The van der Waals surface area contributed by atoms with Gasteiger partial charge in [-0.25, -0.2) is 13.6 Å². The molecule has 1 amide bonds. The van der Waals surface area contributed by atoms with E-state index in [0.717, 1.165) is 23.1 Å². The molecule has 4 rings (SSSR count). The lowest BCUT2D eigenvalue weighted by Gasteiger charge is -2.18. The van der Waals surface area contributed by atoms with E-state index < -0.39 is 15.9 Å². The van der Waals surface area contributed by atoms with Crippen molar-refractivity contribution in [2.75, 3.05) is 11.9 Å². The number of hydrogen-bond acceptors (Lipinski definition) is 4. The third kappa shape index (κ3) is 5.89. The van der Waals surface area contributed by atoms with E-state index in [4.69, 9.17) is 22.5 Å². The number of primary sulfonamides is 1. The minimum atomic E-state index is -3.84. The first-order valence-corrected chi connectivity index (χ1v) is 12.8. The van der Waals surface area contributed by atoms with Gasteiger partial charge in [-0.3, -0.25) is 4.79 Å². The summed E-state index contributed by atoms with van der Waals surface area (Å²) in [6, 6.07) is 27.1. The number of anilines is 1. The molecule has 0 aromatic heterocycles. The van der Waals surface area contributed by atoms with Crippen molar-refractivity contribution < 1.29 is 13.2 Å². The zero-order valence-corrected chi connectivity index (χ0v) is 20.3. The second kappa shape index (κ2) is 10.3. The minimum absolute atomic E-state index is 0.00353. The van der Waals surface area contributed by atoms with Crippen molar-refractivity contribution >= 4 is 33.2 Å². The Balaban J connectivity index is 1.81. The zero-order valence-electron chi connectivity index (χ0n) is 18.7. The van der Waals surface area contributed by atoms with Crippen molar-refractivity contribution in [3.63, 3.8) is 0 Å². The molecule has 5 N–H and O–H groups in total. The number of halogens is 1. The van der Waals surface area contributed by atoms with E-state index in [1.54, 1.807) is 30.3 Å². The van der Waals surface area contributed by atoms with E-state index in [9.17, 15) is 13.2 Å². The number of hydrogen-bond donors (Lipinski definition) is 3. The number of primary amides is 1. The predicted octanol–water partition coefficient (Wildman–Crippen LogP) is 5.07. The van der Waals surface area contributed by atoms with Crippen LogP contribution in [0.2, 0.25) is 5.02 Å². The summed E-state index contributed by atoms with van der Waals surface area (Å²) in [6.45, 7) is 0.562. The molecule has 0 saturated heterocycles. The molecule has 6 nitrogen and oxygen atoms in total. The summed E-state index contributed by atoms with van der Waals surface area (Å²) in [5.74, 6) is -0.578. The summed E-state index contributed by atoms with van der Waals surface area (Å²) < 4.78 is 23.5. The maximum absolute atomic E-state index is 12.5. The molecule has 4 aromatic carbocycles. The van der Waals surface area contributed by atoms with Crippen LogP contribution in [0.25, 0.3) is 22.3 Å². The van der Waals surface area contributed by atoms with Gasteiger partial charge in [-0.2, -0.15) is 0 Å². The van der Waals surface area contributed by atoms with Crippen LogP contribution in [0, 0.1) is 0 Å². The van der Waals surface area contributed by atoms with Crippen molar-refractivity contribution in [3.8, 4) is 22.3 Å². The molecule has 0 atom stereocenters. The zero-order chi connectivity index (χ0) is 25.0. The van der Waals surface area contributed by atoms with Crippen molar-refractivity contribution in [1.29, 1.82) is 0 Å². The molecule has 0 saturated carbocycles. The molecule has 0 heterocycles. The first-order chi connectivity index (χ1) is 16.7. The maximum Gasteiger partial charge on any atom is 0.250 e. The van der Waals surface area contributed by atoms with Gasteiger partial charge < -0.3 is 11.1 Å². The van der Waals surface area contributed by atoms with Gasteiger partial charge in [-0.1, -0.05) is 66.2 Å². The average molecular weight is 506 g/mol. The van der Waals surface area contributed by atoms with E-state index in [1.165, 1.54) is 12.1 Å². The van der Waals surface area contributed by atoms with Gasteiger partial charge in [-0.05, 0) is 65.1 Å². The standard InChI is InChI=1S/C27H24ClN3O3S/c28-22-10-6-19(7-11-22)21-16-24(20-8-12-23(13-9-20)35(30,33)34)26(25(17-21)27(29)32)31-15-14-18-4-2-1-3-5-18/h1-13,16-17,31H,14-15H2,(H2,29,32)(H2,30,33,34). The smallest absolute Gasteiger partial charge is 0.250 e. The van der Waals surface area contributed by atoms with Crippen LogP contribution in [-0.2, 0) is 16.4 Å². The van der Waals surface area contributed by atoms with Gasteiger partial charge >= 0.3 is 0 Å². The first kappa shape index (κ1) is 24.5. The molecule has 4 aromatic rings. The molecule has 0 aliphatic heterocycles. The fourth-order valence-electron chi connectivity index (χ4n) is 3.86. The SMILES string of the molecule is NC(=O)c1cc(-c2ccc(Cl)cc2)cc(-c2ccc(S(N)(=O)=O)cc2)c1NCCc1ccccc1. The van der Waals surface area contributed by atoms with Gasteiger partial charge in [0, 0.05) is 17.1 Å². The highest BCUT2D eigenvalue weighted by molar-refractivity contribution is 7.89. The molecule has 0 radical (unpaired) electrons. The van der Waals surface area contributed by atoms with E-state index in [0.29, 0.717) is 33.9 Å². The van der Waals surface area contributed by atoms with Gasteiger partial charge in [0.15, 0.2) is 0 Å². The van der Waals surface area contributed by atoms with Crippen molar-refractivity contribution in [3.05, 3.63) is 107 Å². The fourth-order valence-corrected chi connectivity index (χ4v) is 4.51. The molecule has 0 fully saturated rings. The summed E-state index contributed by atoms with van der Waals surface area (Å²) in [7, 11) is -3.84. The Bertz CT molecular complexity index is 1450. The normalized spacial score (nSPS) is 11.3. The molecule has 35 heavy (non-hydrogen) atoms. The van der Waals surface area contributed by atoms with Crippen molar-refractivity contribution in [1.82, 2.24) is 0 Å². The van der Waals surface area contributed by atoms with Gasteiger partial charge in [0.2, 0.25) is 10.0 Å². The van der Waals surface area contributed by atoms with E-state index in [-0.39, 0.29) is 4.90 Å². The van der Waals surface area contributed by atoms with Crippen LogP contribution >= 0.6 is 11.6 Å². The van der Waals surface area contributed by atoms with Gasteiger partial charge in [0.1, 0.15) is 0 Å². The average Bonchev–Trinajstić information content (AvgIpc) is 2.84. The Morgan fingerprint density at radius 1 is 0.829 bits per heavy atom. The molecule has 178 valence electrons. The van der Waals surface area contributed by atoms with Crippen LogP contribution in [0.4, 0.5) is 5.69 Å². The van der Waals surface area contributed by atoms with E-state index in [1.807, 2.05) is 48.5 Å². The highest BCUT2D eigenvalue weighted by Crippen LogP contribution is 2.37. The van der Waals surface area contributed by atoms with Gasteiger partial charge in [0.05, 0.1) is 16.1 Å². The predicted molar refractivity (Wildman–Crippen MR) is 141 cm³/mol. The summed E-state index contributed by atoms with van der Waals surface area (Å²) in [5.41, 5.74) is 10.9. The highest BCUT2D eigenvalue weighted by Gasteiger charge is 2.18. The summed E-state index contributed by atoms with van der Waals surface area (Å²) in [6.07, 6.45) is 0.738. The molecular weight excluding hydrogens is 482 g/mol. The quantitative estimate of drug-likeness (QED) is 0.310. The molecule has 0 aliphatic rings. The lowest BCUT2D eigenvalue weighted by Crippen LogP contribution is -2.17. The number of sulfonamides is 1. The fraction of sp³-hybridized carbons (Fsp3) is 0.0741. The Labute approximate surface area is 209 Å². The Hall–Kier alpha value is -3.65. The number of rotatable bonds is 8. The van der Waals surface area contributed by atoms with Crippen LogP contribution in [0.1, 0.15) is 15.9 Å². The van der Waals surface area contributed by atoms with Crippen LogP contribution in [0.15, 0.2) is 95.9 Å². The van der Waals surface area contributed by atoms with E-state index >= 15 is 0 Å². The number of nitrogens with two attached hydrogens (primary N) is 2. The monoisotopic (exact) mass is 505 g/mol. The van der Waals surface area contributed by atoms with Crippen molar-refractivity contribution in [2.45, 2.75) is 11.3 Å². The summed E-state index contributed by atoms with van der Waals surface area (Å²) >= 11 is 6.05. The molecule has 8 heteroatoms. The molecular formula is C27H24ClN3O3S. The second-order valence-corrected chi connectivity index (χ2v) is 10.0. The second-order valence-electron chi connectivity index (χ2n) is 8.05. The number of amides is 1. The number of carbonyl (C=O) groups is 1. The third-order valence-electron chi connectivity index (χ3n) is 5.63. The largest absolute Gasteiger partial charge is 0.384 e. The Morgan fingerprint density at radius 3 is 2.06 bits per heavy atom. The molecule has 0 aliphatic carbocycles. The van der Waals surface area contributed by atoms with Crippen LogP contribution < -0.4 is 16.2 Å². The molecule has 0 unspecified atom stereocenters. The Kier molecular flexibility index (Phi) is 7.21. The maximum atomic E-state index is 12.5. The lowest BCUT2D eigenvalue weighted by atomic mass is 9.93. The van der Waals surface area contributed by atoms with E-state index in [2.05, 4.69) is 5.32 Å². The molecule has 0 bridgehead atoms. The Morgan fingerprint density at radius 2 is 1.46 bits per heavy atom. The van der Waals surface area contributed by atoms with Crippen molar-refractivity contribution in [2.24, 2.45) is 10.9 Å². The third-order valence-corrected chi connectivity index (χ3v) is 6.81. The molecule has 0 spiro atoms. The number of carbonyl (C=O) groups excluding carboxylic acids is 1. The first-order valence-electron chi connectivity index (χ1n) is 10.9. The summed E-state index contributed by atoms with van der Waals surface area (Å²) in [5, 5.41) is 9.24. The van der Waals surface area contributed by atoms with Gasteiger partial charge in [0.25, 0.3) is 5.91 Å².